The first-order valence-corrected chi connectivity index (χ1v) is 6.40. The molecule has 9 nitrogen and oxygen atoms in total. The van der Waals surface area contributed by atoms with Crippen LogP contribution in [0.1, 0.15) is 31.4 Å². The highest BCUT2D eigenvalue weighted by molar-refractivity contribution is 5.62. The number of aromatic nitrogens is 2. The average Bonchev–Trinajstić information content (AvgIpc) is 2.86. The molecule has 110 valence electrons. The van der Waals surface area contributed by atoms with Gasteiger partial charge in [-0.15, -0.1) is 0 Å². The van der Waals surface area contributed by atoms with E-state index in [1.165, 1.54) is 6.92 Å². The monoisotopic (exact) mass is 282 g/mol. The largest absolute Gasteiger partial charge is 0.394 e. The number of aliphatic hydroxyl groups is 1. The number of nitro groups is 1. The van der Waals surface area contributed by atoms with Gasteiger partial charge in [-0.1, -0.05) is 12.8 Å². The normalized spacial score (nSPS) is 16.9. The van der Waals surface area contributed by atoms with Gasteiger partial charge in [0.05, 0.1) is 17.1 Å². The third kappa shape index (κ3) is 2.63. The van der Waals surface area contributed by atoms with Crippen LogP contribution in [-0.4, -0.2) is 32.1 Å². The van der Waals surface area contributed by atoms with Crippen LogP contribution in [0.3, 0.4) is 0 Å². The third-order valence-electron chi connectivity index (χ3n) is 3.62. The number of hydrogen-bond donors (Lipinski definition) is 4. The Morgan fingerprint density at radius 1 is 1.45 bits per heavy atom. The maximum absolute atomic E-state index is 11.2. The Bertz CT molecular complexity index is 515. The first-order valence-electron chi connectivity index (χ1n) is 6.40. The van der Waals surface area contributed by atoms with Crippen LogP contribution in [0, 0.1) is 17.0 Å². The molecule has 0 aromatic carbocycles. The average molecular weight is 282 g/mol. The van der Waals surface area contributed by atoms with Crippen LogP contribution in [-0.2, 0) is 0 Å². The van der Waals surface area contributed by atoms with E-state index in [1.54, 1.807) is 0 Å². The molecule has 9 heteroatoms. The highest BCUT2D eigenvalue weighted by Crippen LogP contribution is 2.36. The number of nitrogens with one attached hydrogen (secondary N) is 2. The first-order chi connectivity index (χ1) is 9.51. The molecule has 1 aromatic heterocycles. The molecule has 1 aliphatic rings. The number of aryl methyl sites for hydroxylation is 1. The smallest absolute Gasteiger partial charge is 0.332 e. The number of nitrogens with two attached hydrogens (primary N) is 1. The minimum atomic E-state index is -0.558. The lowest BCUT2D eigenvalue weighted by atomic mass is 9.99. The quantitative estimate of drug-likeness (QED) is 0.351. The Balaban J connectivity index is 2.43. The summed E-state index contributed by atoms with van der Waals surface area (Å²) in [5, 5.41) is 23.8. The van der Waals surface area contributed by atoms with Gasteiger partial charge in [-0.2, -0.15) is 4.98 Å². The molecule has 5 N–H and O–H groups in total. The number of aliphatic hydroxyl groups excluding tert-OH is 1. The fourth-order valence-electron chi connectivity index (χ4n) is 2.56. The van der Waals surface area contributed by atoms with Crippen molar-refractivity contribution >= 4 is 17.5 Å². The second kappa shape index (κ2) is 5.55. The van der Waals surface area contributed by atoms with Gasteiger partial charge in [0.25, 0.3) is 0 Å². The molecule has 2 rings (SSSR count). The summed E-state index contributed by atoms with van der Waals surface area (Å²) in [4.78, 5) is 18.6. The Kier molecular flexibility index (Phi) is 4.00. The fraction of sp³-hybridized carbons (Fsp3) is 0.636. The van der Waals surface area contributed by atoms with E-state index in [1.807, 2.05) is 0 Å². The molecule has 0 atom stereocenters. The lowest BCUT2D eigenvalue weighted by Gasteiger charge is -2.28. The van der Waals surface area contributed by atoms with Crippen molar-refractivity contribution in [2.24, 2.45) is 5.84 Å². The Labute approximate surface area is 115 Å². The van der Waals surface area contributed by atoms with E-state index in [0.717, 1.165) is 25.7 Å². The SMILES string of the molecule is Cc1nc(NN)nc(NC2(CO)CCCC2)c1[N+](=O)[O-]. The lowest BCUT2D eigenvalue weighted by molar-refractivity contribution is -0.385. The topological polar surface area (TPSA) is 139 Å². The van der Waals surface area contributed by atoms with Gasteiger partial charge in [0.1, 0.15) is 5.69 Å². The van der Waals surface area contributed by atoms with Crippen LogP contribution in [0.4, 0.5) is 17.5 Å². The molecule has 0 amide bonds. The number of nitrogen functional groups attached to an aromatic ring is 1. The summed E-state index contributed by atoms with van der Waals surface area (Å²) in [6.07, 6.45) is 3.42. The van der Waals surface area contributed by atoms with E-state index >= 15 is 0 Å². The fourth-order valence-corrected chi connectivity index (χ4v) is 2.56. The zero-order chi connectivity index (χ0) is 14.8. The van der Waals surface area contributed by atoms with Crippen molar-refractivity contribution in [3.63, 3.8) is 0 Å². The Hall–Kier alpha value is -2.00. The predicted molar refractivity (Wildman–Crippen MR) is 73.1 cm³/mol. The highest BCUT2D eigenvalue weighted by Gasteiger charge is 2.36. The van der Waals surface area contributed by atoms with Crippen molar-refractivity contribution in [2.75, 3.05) is 17.3 Å². The molecule has 1 fully saturated rings. The molecular weight excluding hydrogens is 264 g/mol. The van der Waals surface area contributed by atoms with E-state index in [9.17, 15) is 15.2 Å². The summed E-state index contributed by atoms with van der Waals surface area (Å²) in [6, 6.07) is 0. The van der Waals surface area contributed by atoms with Gasteiger partial charge in [0.15, 0.2) is 0 Å². The second-order valence-electron chi connectivity index (χ2n) is 5.00. The van der Waals surface area contributed by atoms with Gasteiger partial charge in [-0.05, 0) is 19.8 Å². The third-order valence-corrected chi connectivity index (χ3v) is 3.62. The number of hydrogen-bond acceptors (Lipinski definition) is 8. The van der Waals surface area contributed by atoms with E-state index in [2.05, 4.69) is 20.7 Å². The molecule has 1 aromatic rings. The second-order valence-corrected chi connectivity index (χ2v) is 5.00. The molecule has 0 bridgehead atoms. The van der Waals surface area contributed by atoms with E-state index in [-0.39, 0.29) is 29.8 Å². The zero-order valence-electron chi connectivity index (χ0n) is 11.2. The Morgan fingerprint density at radius 2 is 2.10 bits per heavy atom. The molecule has 0 radical (unpaired) electrons. The van der Waals surface area contributed by atoms with Gasteiger partial charge in [0.2, 0.25) is 11.8 Å². The van der Waals surface area contributed by atoms with E-state index in [4.69, 9.17) is 5.84 Å². The van der Waals surface area contributed by atoms with Crippen molar-refractivity contribution in [3.8, 4) is 0 Å². The number of rotatable bonds is 5. The van der Waals surface area contributed by atoms with Gasteiger partial charge in [-0.25, -0.2) is 10.8 Å². The molecule has 1 heterocycles. The van der Waals surface area contributed by atoms with Crippen molar-refractivity contribution in [2.45, 2.75) is 38.1 Å². The predicted octanol–water partition coefficient (Wildman–Crippen LogP) is 0.696. The summed E-state index contributed by atoms with van der Waals surface area (Å²) in [7, 11) is 0. The van der Waals surface area contributed by atoms with Gasteiger partial charge < -0.3 is 10.4 Å². The standard InChI is InChI=1S/C11H18N6O3/c1-7-8(17(19)20)9(14-10(13-7)16-12)15-11(6-18)4-2-3-5-11/h18H,2-6,12H2,1H3,(H2,13,14,15,16). The van der Waals surface area contributed by atoms with E-state index in [0.29, 0.717) is 0 Å². The van der Waals surface area contributed by atoms with Crippen molar-refractivity contribution in [3.05, 3.63) is 15.8 Å². The maximum atomic E-state index is 11.2. The van der Waals surface area contributed by atoms with E-state index < -0.39 is 10.5 Å². The number of nitrogens with zero attached hydrogens (tertiary/aromatic N) is 3. The molecule has 0 saturated heterocycles. The minimum absolute atomic E-state index is 0.0893. The lowest BCUT2D eigenvalue weighted by Crippen LogP contribution is -2.39. The molecule has 0 spiro atoms. The molecule has 20 heavy (non-hydrogen) atoms. The number of hydrazine groups is 1. The highest BCUT2D eigenvalue weighted by atomic mass is 16.6. The first kappa shape index (κ1) is 14.4. The molecule has 1 saturated carbocycles. The molecular formula is C11H18N6O3. The van der Waals surface area contributed by atoms with Crippen LogP contribution in [0.2, 0.25) is 0 Å². The maximum Gasteiger partial charge on any atom is 0.332 e. The van der Waals surface area contributed by atoms with Gasteiger partial charge in [-0.3, -0.25) is 15.5 Å². The van der Waals surface area contributed by atoms with Crippen molar-refractivity contribution < 1.29 is 10.0 Å². The summed E-state index contributed by atoms with van der Waals surface area (Å²) >= 11 is 0. The minimum Gasteiger partial charge on any atom is -0.394 e. The summed E-state index contributed by atoms with van der Waals surface area (Å²) in [5.41, 5.74) is 1.75. The van der Waals surface area contributed by atoms with Crippen molar-refractivity contribution in [1.29, 1.82) is 0 Å². The summed E-state index contributed by atoms with van der Waals surface area (Å²) in [6.45, 7) is 1.42. The van der Waals surface area contributed by atoms with Crippen LogP contribution in [0.25, 0.3) is 0 Å². The van der Waals surface area contributed by atoms with Crippen molar-refractivity contribution in [1.82, 2.24) is 9.97 Å². The summed E-state index contributed by atoms with van der Waals surface area (Å²) < 4.78 is 0. The summed E-state index contributed by atoms with van der Waals surface area (Å²) in [5.74, 6) is 5.45. The van der Waals surface area contributed by atoms with Crippen LogP contribution < -0.4 is 16.6 Å². The van der Waals surface area contributed by atoms with Gasteiger partial charge >= 0.3 is 5.69 Å². The van der Waals surface area contributed by atoms with Crippen LogP contribution in [0.15, 0.2) is 0 Å². The molecule has 0 unspecified atom stereocenters. The van der Waals surface area contributed by atoms with Crippen LogP contribution >= 0.6 is 0 Å². The molecule has 1 aliphatic carbocycles. The van der Waals surface area contributed by atoms with Crippen LogP contribution in [0.5, 0.6) is 0 Å². The van der Waals surface area contributed by atoms with Gasteiger partial charge in [0, 0.05) is 0 Å². The Morgan fingerprint density at radius 3 is 2.60 bits per heavy atom. The number of anilines is 2. The zero-order valence-corrected chi connectivity index (χ0v) is 11.2. The molecule has 0 aliphatic heterocycles.